The summed E-state index contributed by atoms with van der Waals surface area (Å²) in [5.74, 6) is -1.98. The van der Waals surface area contributed by atoms with Gasteiger partial charge in [0.25, 0.3) is 5.91 Å². The minimum absolute atomic E-state index is 0.00214. The van der Waals surface area contributed by atoms with Crippen LogP contribution in [0.5, 0.6) is 0 Å². The van der Waals surface area contributed by atoms with Gasteiger partial charge in [0.05, 0.1) is 0 Å². The summed E-state index contributed by atoms with van der Waals surface area (Å²) in [4.78, 5) is 12.1. The van der Waals surface area contributed by atoms with E-state index in [0.717, 1.165) is 17.7 Å². The fraction of sp³-hybridized carbons (Fsp3) is 0.105. The Kier molecular flexibility index (Phi) is 5.17. The predicted molar refractivity (Wildman–Crippen MR) is 94.8 cm³/mol. The van der Waals surface area contributed by atoms with Crippen LogP contribution in [0.25, 0.3) is 0 Å². The van der Waals surface area contributed by atoms with Crippen LogP contribution in [0, 0.1) is 11.6 Å². The lowest BCUT2D eigenvalue weighted by molar-refractivity contribution is 0.102. The van der Waals surface area contributed by atoms with Crippen molar-refractivity contribution in [2.75, 3.05) is 10.6 Å². The van der Waals surface area contributed by atoms with Gasteiger partial charge in [0, 0.05) is 6.04 Å². The molecule has 1 aromatic heterocycles. The van der Waals surface area contributed by atoms with E-state index in [2.05, 4.69) is 20.8 Å². The van der Waals surface area contributed by atoms with E-state index in [0.29, 0.717) is 5.82 Å². The lowest BCUT2D eigenvalue weighted by Crippen LogP contribution is -2.17. The summed E-state index contributed by atoms with van der Waals surface area (Å²) in [7, 11) is 0. The minimum Gasteiger partial charge on any atom is -0.362 e. The molecule has 0 aliphatic carbocycles. The number of benzene rings is 2. The molecule has 0 bridgehead atoms. The molecular weight excluding hydrogens is 338 g/mol. The van der Waals surface area contributed by atoms with Crippen molar-refractivity contribution < 1.29 is 13.6 Å². The first-order chi connectivity index (χ1) is 12.5. The Morgan fingerprint density at radius 1 is 0.923 bits per heavy atom. The van der Waals surface area contributed by atoms with Gasteiger partial charge in [0.2, 0.25) is 0 Å². The van der Waals surface area contributed by atoms with Crippen LogP contribution in [0.2, 0.25) is 0 Å². The Hall–Kier alpha value is -3.35. The van der Waals surface area contributed by atoms with Crippen LogP contribution in [0.1, 0.15) is 29.0 Å². The van der Waals surface area contributed by atoms with Crippen LogP contribution in [-0.2, 0) is 0 Å². The normalized spacial score (nSPS) is 11.7. The molecule has 0 radical (unpaired) electrons. The molecule has 1 unspecified atom stereocenters. The fourth-order valence-corrected chi connectivity index (χ4v) is 2.37. The number of hydrogen-bond acceptors (Lipinski definition) is 4. The molecule has 1 amide bonds. The lowest BCUT2D eigenvalue weighted by atomic mass is 10.1. The summed E-state index contributed by atoms with van der Waals surface area (Å²) in [5.41, 5.74) is 0.510. The molecule has 7 heteroatoms. The second-order valence-corrected chi connectivity index (χ2v) is 5.63. The number of carbonyl (C=O) groups excluding carboxylic acids is 1. The number of rotatable bonds is 5. The Balaban J connectivity index is 1.68. The highest BCUT2D eigenvalue weighted by Crippen LogP contribution is 2.19. The van der Waals surface area contributed by atoms with Crippen LogP contribution < -0.4 is 10.6 Å². The quantitative estimate of drug-likeness (QED) is 0.721. The van der Waals surface area contributed by atoms with Gasteiger partial charge < -0.3 is 10.6 Å². The van der Waals surface area contributed by atoms with Crippen LogP contribution in [-0.4, -0.2) is 16.1 Å². The van der Waals surface area contributed by atoms with E-state index in [1.807, 2.05) is 37.3 Å². The molecule has 1 heterocycles. The molecule has 0 aliphatic rings. The van der Waals surface area contributed by atoms with Gasteiger partial charge in [-0.25, -0.2) is 8.78 Å². The Labute approximate surface area is 149 Å². The SMILES string of the molecule is CC(Nc1ccc(C(=O)Nc2c(F)cccc2F)nn1)c1ccccc1. The standard InChI is InChI=1S/C19H16F2N4O/c1-12(13-6-3-2-4-7-13)22-17-11-10-16(24-25-17)19(26)23-18-14(20)8-5-9-15(18)21/h2-12H,1H3,(H,22,25)(H,23,26). The van der Waals surface area contributed by atoms with E-state index < -0.39 is 23.2 Å². The molecule has 132 valence electrons. The first-order valence-corrected chi connectivity index (χ1v) is 7.95. The van der Waals surface area contributed by atoms with Crippen LogP contribution in [0.3, 0.4) is 0 Å². The molecule has 2 N–H and O–H groups in total. The highest BCUT2D eigenvalue weighted by molar-refractivity contribution is 6.02. The van der Waals surface area contributed by atoms with Crippen molar-refractivity contribution in [2.24, 2.45) is 0 Å². The molecule has 0 saturated heterocycles. The van der Waals surface area contributed by atoms with Crippen molar-refractivity contribution in [1.29, 1.82) is 0 Å². The molecule has 0 aliphatic heterocycles. The topological polar surface area (TPSA) is 66.9 Å². The summed E-state index contributed by atoms with van der Waals surface area (Å²) >= 11 is 0. The van der Waals surface area contributed by atoms with Gasteiger partial charge in [-0.1, -0.05) is 36.4 Å². The van der Waals surface area contributed by atoms with Crippen molar-refractivity contribution in [3.05, 3.63) is 83.6 Å². The first-order valence-electron chi connectivity index (χ1n) is 7.95. The third kappa shape index (κ3) is 4.00. The molecule has 2 aromatic carbocycles. The number of nitrogens with one attached hydrogen (secondary N) is 2. The number of carbonyl (C=O) groups is 1. The maximum atomic E-state index is 13.6. The molecule has 0 saturated carbocycles. The molecule has 0 spiro atoms. The number of anilines is 2. The molecule has 1 atom stereocenters. The maximum absolute atomic E-state index is 13.6. The van der Waals surface area contributed by atoms with E-state index in [1.54, 1.807) is 6.07 Å². The Morgan fingerprint density at radius 2 is 1.62 bits per heavy atom. The average molecular weight is 354 g/mol. The summed E-state index contributed by atoms with van der Waals surface area (Å²) in [6.45, 7) is 1.97. The number of para-hydroxylation sites is 1. The van der Waals surface area contributed by atoms with E-state index >= 15 is 0 Å². The molecule has 3 rings (SSSR count). The van der Waals surface area contributed by atoms with Crippen molar-refractivity contribution in [3.63, 3.8) is 0 Å². The molecule has 26 heavy (non-hydrogen) atoms. The lowest BCUT2D eigenvalue weighted by Gasteiger charge is -2.14. The van der Waals surface area contributed by atoms with Gasteiger partial charge in [0.1, 0.15) is 23.1 Å². The first kappa shape index (κ1) is 17.5. The predicted octanol–water partition coefficient (Wildman–Crippen LogP) is 4.18. The van der Waals surface area contributed by atoms with E-state index in [9.17, 15) is 13.6 Å². The van der Waals surface area contributed by atoms with Crippen molar-refractivity contribution in [3.8, 4) is 0 Å². The number of nitrogens with zero attached hydrogens (tertiary/aromatic N) is 2. The highest BCUT2D eigenvalue weighted by atomic mass is 19.1. The zero-order valence-corrected chi connectivity index (χ0v) is 13.9. The smallest absolute Gasteiger partial charge is 0.276 e. The van der Waals surface area contributed by atoms with Crippen LogP contribution in [0.4, 0.5) is 20.3 Å². The number of amides is 1. The maximum Gasteiger partial charge on any atom is 0.276 e. The second kappa shape index (κ2) is 7.69. The van der Waals surface area contributed by atoms with Gasteiger partial charge in [-0.05, 0) is 36.8 Å². The van der Waals surface area contributed by atoms with E-state index in [4.69, 9.17) is 0 Å². The highest BCUT2D eigenvalue weighted by Gasteiger charge is 2.15. The van der Waals surface area contributed by atoms with Gasteiger partial charge in [0.15, 0.2) is 5.69 Å². The third-order valence-corrected chi connectivity index (χ3v) is 3.76. The minimum atomic E-state index is -0.860. The molecule has 0 fully saturated rings. The van der Waals surface area contributed by atoms with Gasteiger partial charge in [-0.3, -0.25) is 4.79 Å². The number of aromatic nitrogens is 2. The fourth-order valence-electron chi connectivity index (χ4n) is 2.37. The number of halogens is 2. The summed E-state index contributed by atoms with van der Waals surface area (Å²) in [5, 5.41) is 13.1. The zero-order chi connectivity index (χ0) is 18.5. The largest absolute Gasteiger partial charge is 0.362 e. The molecule has 5 nitrogen and oxygen atoms in total. The Morgan fingerprint density at radius 3 is 2.23 bits per heavy atom. The molecule has 3 aromatic rings. The monoisotopic (exact) mass is 354 g/mol. The van der Waals surface area contributed by atoms with Crippen molar-refractivity contribution >= 4 is 17.4 Å². The summed E-state index contributed by atoms with van der Waals surface area (Å²) in [6, 6.07) is 16.1. The van der Waals surface area contributed by atoms with Crippen molar-refractivity contribution in [2.45, 2.75) is 13.0 Å². The summed E-state index contributed by atoms with van der Waals surface area (Å²) < 4.78 is 27.2. The summed E-state index contributed by atoms with van der Waals surface area (Å²) in [6.07, 6.45) is 0. The second-order valence-electron chi connectivity index (χ2n) is 5.63. The Bertz CT molecular complexity index is 881. The van der Waals surface area contributed by atoms with E-state index in [-0.39, 0.29) is 11.7 Å². The average Bonchev–Trinajstić information content (AvgIpc) is 2.66. The molecular formula is C19H16F2N4O. The van der Waals surface area contributed by atoms with E-state index in [1.165, 1.54) is 12.1 Å². The van der Waals surface area contributed by atoms with Gasteiger partial charge in [-0.2, -0.15) is 0 Å². The number of hydrogen-bond donors (Lipinski definition) is 2. The van der Waals surface area contributed by atoms with Gasteiger partial charge in [-0.15, -0.1) is 10.2 Å². The van der Waals surface area contributed by atoms with Crippen LogP contribution >= 0.6 is 0 Å². The zero-order valence-electron chi connectivity index (χ0n) is 13.9. The van der Waals surface area contributed by atoms with Crippen molar-refractivity contribution in [1.82, 2.24) is 10.2 Å². The van der Waals surface area contributed by atoms with Crippen LogP contribution in [0.15, 0.2) is 60.7 Å². The third-order valence-electron chi connectivity index (χ3n) is 3.76. The van der Waals surface area contributed by atoms with Gasteiger partial charge >= 0.3 is 0 Å².